The van der Waals surface area contributed by atoms with E-state index in [-0.39, 0.29) is 17.2 Å². The zero-order chi connectivity index (χ0) is 20.2. The van der Waals surface area contributed by atoms with Crippen LogP contribution in [0.15, 0.2) is 48.5 Å². The highest BCUT2D eigenvalue weighted by atomic mass is 32.2. The number of rotatable bonds is 7. The van der Waals surface area contributed by atoms with Crippen molar-refractivity contribution in [1.29, 1.82) is 0 Å². The molecule has 2 aromatic rings. The largest absolute Gasteiger partial charge is 0.545 e. The Bertz CT molecular complexity index is 937. The van der Waals surface area contributed by atoms with Gasteiger partial charge in [0.05, 0.1) is 17.9 Å². The monoisotopic (exact) mass is 389 g/mol. The topological polar surface area (TPSA) is 107 Å². The Balaban J connectivity index is 2.24. The lowest BCUT2D eigenvalue weighted by Crippen LogP contribution is -2.37. The number of carbonyl (C=O) groups is 2. The summed E-state index contributed by atoms with van der Waals surface area (Å²) in [5.74, 6) is -1.81. The van der Waals surface area contributed by atoms with E-state index in [2.05, 4.69) is 5.32 Å². The van der Waals surface area contributed by atoms with Crippen LogP contribution in [0.1, 0.15) is 35.7 Å². The Labute approximate surface area is 158 Å². The van der Waals surface area contributed by atoms with Crippen LogP contribution in [0, 0.1) is 0 Å². The minimum atomic E-state index is -3.72. The van der Waals surface area contributed by atoms with Crippen LogP contribution in [0.3, 0.4) is 0 Å². The minimum absolute atomic E-state index is 0.0473. The van der Waals surface area contributed by atoms with E-state index in [1.807, 2.05) is 26.0 Å². The number of nitrogens with one attached hydrogen (secondary N) is 1. The minimum Gasteiger partial charge on any atom is -0.545 e. The highest BCUT2D eigenvalue weighted by Gasteiger charge is 2.21. The van der Waals surface area contributed by atoms with Crippen LogP contribution in [0.25, 0.3) is 0 Å². The number of nitrogens with zero attached hydrogens (tertiary/aromatic N) is 1. The fourth-order valence-corrected chi connectivity index (χ4v) is 3.37. The molecule has 27 heavy (non-hydrogen) atoms. The van der Waals surface area contributed by atoms with Gasteiger partial charge in [-0.1, -0.05) is 44.2 Å². The van der Waals surface area contributed by atoms with Crippen molar-refractivity contribution in [2.45, 2.75) is 19.8 Å². The number of aromatic carboxylic acids is 1. The molecular formula is C19H21N2O5S-. The van der Waals surface area contributed by atoms with E-state index in [9.17, 15) is 23.1 Å². The number of hydrogen-bond donors (Lipinski definition) is 1. The molecule has 144 valence electrons. The van der Waals surface area contributed by atoms with Crippen LogP contribution in [-0.4, -0.2) is 33.1 Å². The zero-order valence-electron chi connectivity index (χ0n) is 15.3. The number of carboxylic acids is 1. The van der Waals surface area contributed by atoms with Crippen LogP contribution in [0.5, 0.6) is 0 Å². The van der Waals surface area contributed by atoms with E-state index in [1.165, 1.54) is 18.2 Å². The maximum Gasteiger partial charge on any atom is 0.245 e. The average molecular weight is 389 g/mol. The lowest BCUT2D eigenvalue weighted by atomic mass is 10.0. The standard InChI is InChI=1S/C19H22N2O5S/c1-13(2)14-8-10-15(11-9-14)21(27(3,25)26)12-18(22)20-17-7-5-4-6-16(17)19(23)24/h4-11,13H,12H2,1-3H3,(H,20,22)(H,23,24)/p-1. The quantitative estimate of drug-likeness (QED) is 0.774. The van der Waals surface area contributed by atoms with Crippen LogP contribution in [0.4, 0.5) is 11.4 Å². The van der Waals surface area contributed by atoms with Gasteiger partial charge >= 0.3 is 0 Å². The second-order valence-corrected chi connectivity index (χ2v) is 8.30. The Morgan fingerprint density at radius 1 is 1.07 bits per heavy atom. The normalized spacial score (nSPS) is 11.3. The van der Waals surface area contributed by atoms with Gasteiger partial charge in [0, 0.05) is 11.3 Å². The molecule has 0 saturated carbocycles. The predicted octanol–water partition coefficient (Wildman–Crippen LogP) is 1.58. The van der Waals surface area contributed by atoms with Gasteiger partial charge < -0.3 is 15.2 Å². The number of carbonyl (C=O) groups excluding carboxylic acids is 2. The van der Waals surface area contributed by atoms with E-state index < -0.39 is 28.4 Å². The number of carboxylic acid groups (broad SMARTS) is 1. The van der Waals surface area contributed by atoms with Gasteiger partial charge in [-0.3, -0.25) is 9.10 Å². The highest BCUT2D eigenvalue weighted by molar-refractivity contribution is 7.92. The lowest BCUT2D eigenvalue weighted by Gasteiger charge is -2.23. The summed E-state index contributed by atoms with van der Waals surface area (Å²) >= 11 is 0. The molecule has 8 heteroatoms. The molecule has 0 aliphatic heterocycles. The SMILES string of the molecule is CC(C)c1ccc(N(CC(=O)Nc2ccccc2C(=O)[O-])S(C)(=O)=O)cc1. The van der Waals surface area contributed by atoms with Gasteiger partial charge in [0.25, 0.3) is 0 Å². The fraction of sp³-hybridized carbons (Fsp3) is 0.263. The summed E-state index contributed by atoms with van der Waals surface area (Å²) in [4.78, 5) is 23.5. The van der Waals surface area contributed by atoms with E-state index >= 15 is 0 Å². The number of hydrogen-bond acceptors (Lipinski definition) is 5. The maximum absolute atomic E-state index is 12.4. The third-order valence-electron chi connectivity index (χ3n) is 3.96. The molecule has 0 saturated heterocycles. The summed E-state index contributed by atoms with van der Waals surface area (Å²) < 4.78 is 25.3. The molecule has 2 rings (SSSR count). The van der Waals surface area contributed by atoms with Gasteiger partial charge in [-0.05, 0) is 29.7 Å². The summed E-state index contributed by atoms with van der Waals surface area (Å²) in [6, 6.07) is 12.6. The van der Waals surface area contributed by atoms with Gasteiger partial charge in [-0.2, -0.15) is 0 Å². The number of benzene rings is 2. The number of anilines is 2. The molecule has 2 aromatic carbocycles. The van der Waals surface area contributed by atoms with E-state index in [0.717, 1.165) is 16.1 Å². The van der Waals surface area contributed by atoms with Crippen LogP contribution in [-0.2, 0) is 14.8 Å². The Kier molecular flexibility index (Phi) is 6.22. The van der Waals surface area contributed by atoms with Crippen molar-refractivity contribution in [3.8, 4) is 0 Å². The fourth-order valence-electron chi connectivity index (χ4n) is 2.52. The highest BCUT2D eigenvalue weighted by Crippen LogP contribution is 2.22. The molecule has 0 bridgehead atoms. The van der Waals surface area contributed by atoms with E-state index in [4.69, 9.17) is 0 Å². The Morgan fingerprint density at radius 3 is 2.19 bits per heavy atom. The molecule has 0 aliphatic rings. The van der Waals surface area contributed by atoms with Gasteiger partial charge in [-0.15, -0.1) is 0 Å². The van der Waals surface area contributed by atoms with Gasteiger partial charge in [0.15, 0.2) is 0 Å². The lowest BCUT2D eigenvalue weighted by molar-refractivity contribution is -0.254. The molecule has 1 amide bonds. The second kappa shape index (κ2) is 8.22. The smallest absolute Gasteiger partial charge is 0.245 e. The molecule has 0 atom stereocenters. The number of amides is 1. The number of sulfonamides is 1. The summed E-state index contributed by atoms with van der Waals surface area (Å²) in [6.45, 7) is 3.55. The first kappa shape index (κ1) is 20.4. The van der Waals surface area contributed by atoms with E-state index in [0.29, 0.717) is 5.69 Å². The first-order valence-electron chi connectivity index (χ1n) is 8.27. The molecule has 0 unspecified atom stereocenters. The third-order valence-corrected chi connectivity index (χ3v) is 5.10. The summed E-state index contributed by atoms with van der Waals surface area (Å²) in [7, 11) is -3.72. The van der Waals surface area contributed by atoms with Gasteiger partial charge in [0.1, 0.15) is 6.54 Å². The molecule has 0 radical (unpaired) electrons. The van der Waals surface area contributed by atoms with Crippen LogP contribution >= 0.6 is 0 Å². The molecule has 0 aliphatic carbocycles. The second-order valence-electron chi connectivity index (χ2n) is 6.40. The molecule has 7 nitrogen and oxygen atoms in total. The van der Waals surface area contributed by atoms with Crippen molar-refractivity contribution in [2.75, 3.05) is 22.4 Å². The van der Waals surface area contributed by atoms with Crippen molar-refractivity contribution >= 4 is 33.3 Å². The van der Waals surface area contributed by atoms with Gasteiger partial charge in [0.2, 0.25) is 15.9 Å². The molecule has 0 fully saturated rings. The maximum atomic E-state index is 12.4. The molecule has 0 heterocycles. The first-order chi connectivity index (χ1) is 12.6. The molecule has 1 N–H and O–H groups in total. The Morgan fingerprint density at radius 2 is 1.67 bits per heavy atom. The van der Waals surface area contributed by atoms with Crippen molar-refractivity contribution in [3.05, 3.63) is 59.7 Å². The van der Waals surface area contributed by atoms with Crippen molar-refractivity contribution in [3.63, 3.8) is 0 Å². The average Bonchev–Trinajstić information content (AvgIpc) is 2.59. The van der Waals surface area contributed by atoms with Crippen LogP contribution < -0.4 is 14.7 Å². The summed E-state index contributed by atoms with van der Waals surface area (Å²) in [5, 5.41) is 13.6. The van der Waals surface area contributed by atoms with Crippen molar-refractivity contribution < 1.29 is 23.1 Å². The first-order valence-corrected chi connectivity index (χ1v) is 10.1. The van der Waals surface area contributed by atoms with E-state index in [1.54, 1.807) is 18.2 Å². The van der Waals surface area contributed by atoms with Crippen molar-refractivity contribution in [1.82, 2.24) is 0 Å². The summed E-state index contributed by atoms with van der Waals surface area (Å²) in [5.41, 5.74) is 1.26. The van der Waals surface area contributed by atoms with Crippen molar-refractivity contribution in [2.24, 2.45) is 0 Å². The number of para-hydroxylation sites is 1. The molecule has 0 aromatic heterocycles. The molecular weight excluding hydrogens is 368 g/mol. The molecule has 0 spiro atoms. The Hall–Kier alpha value is -2.87. The summed E-state index contributed by atoms with van der Waals surface area (Å²) in [6.07, 6.45) is 1.01. The predicted molar refractivity (Wildman–Crippen MR) is 102 cm³/mol. The van der Waals surface area contributed by atoms with Gasteiger partial charge in [-0.25, -0.2) is 8.42 Å². The zero-order valence-corrected chi connectivity index (χ0v) is 16.1. The van der Waals surface area contributed by atoms with Crippen LogP contribution in [0.2, 0.25) is 0 Å². The third kappa shape index (κ3) is 5.30.